The Morgan fingerprint density at radius 2 is 1.77 bits per heavy atom. The number of nitrogens with one attached hydrogen (secondary N) is 2. The van der Waals surface area contributed by atoms with Gasteiger partial charge in [0.05, 0.1) is 12.8 Å². The van der Waals surface area contributed by atoms with Gasteiger partial charge in [0.15, 0.2) is 5.82 Å². The molecule has 2 N–H and O–H groups in total. The molecule has 1 heterocycles. The lowest BCUT2D eigenvalue weighted by Gasteiger charge is -2.16. The standard InChI is InChI=1S/C31H32F3N5O3S/c1-20(2)26-15-14-25(41-3)18-27(26)29(43)37-30(40)35-16-5-4-7-21-8-6-9-22(17-21)28-36-19-39(38-28)23-10-12-24(13-11-23)42-31(32,33)34/h6,8-15,17-20H,4-5,7,16H2,1-3H3,(H2,35,37,40,43). The monoisotopic (exact) mass is 611 g/mol. The molecule has 1 aromatic heterocycles. The van der Waals surface area contributed by atoms with E-state index in [0.29, 0.717) is 28.8 Å². The Morgan fingerprint density at radius 1 is 1.02 bits per heavy atom. The zero-order chi connectivity index (χ0) is 31.0. The Labute approximate surface area is 253 Å². The number of hydrogen-bond acceptors (Lipinski definition) is 6. The maximum atomic E-state index is 12.5. The Bertz CT molecular complexity index is 1560. The molecule has 0 atom stereocenters. The number of aromatic nitrogens is 3. The summed E-state index contributed by atoms with van der Waals surface area (Å²) in [4.78, 5) is 17.2. The predicted molar refractivity (Wildman–Crippen MR) is 162 cm³/mol. The zero-order valence-electron chi connectivity index (χ0n) is 23.9. The lowest BCUT2D eigenvalue weighted by Crippen LogP contribution is -2.39. The van der Waals surface area contributed by atoms with Crippen LogP contribution in [0.15, 0.2) is 73.1 Å². The van der Waals surface area contributed by atoms with Gasteiger partial charge in [-0.1, -0.05) is 50.3 Å². The highest BCUT2D eigenvalue weighted by Crippen LogP contribution is 2.26. The number of amides is 2. The molecular formula is C31H32F3N5O3S. The fourth-order valence-electron chi connectivity index (χ4n) is 4.42. The molecule has 0 saturated carbocycles. The van der Waals surface area contributed by atoms with Crippen molar-refractivity contribution >= 4 is 23.2 Å². The van der Waals surface area contributed by atoms with Crippen LogP contribution in [-0.4, -0.2) is 45.8 Å². The van der Waals surface area contributed by atoms with E-state index in [1.54, 1.807) is 7.11 Å². The number of alkyl halides is 3. The summed E-state index contributed by atoms with van der Waals surface area (Å²) in [6, 6.07) is 18.5. The maximum Gasteiger partial charge on any atom is 0.573 e. The second-order valence-electron chi connectivity index (χ2n) is 10.0. The molecule has 12 heteroatoms. The average Bonchev–Trinajstić information content (AvgIpc) is 3.47. The van der Waals surface area contributed by atoms with Crippen LogP contribution in [0.2, 0.25) is 0 Å². The molecule has 0 spiro atoms. The first kappa shape index (κ1) is 31.5. The molecule has 0 aliphatic heterocycles. The van der Waals surface area contributed by atoms with Gasteiger partial charge in [-0.05, 0) is 78.8 Å². The Morgan fingerprint density at radius 3 is 2.47 bits per heavy atom. The number of halogens is 3. The van der Waals surface area contributed by atoms with Crippen LogP contribution < -0.4 is 20.1 Å². The number of carbonyl (C=O) groups is 1. The molecule has 0 aliphatic carbocycles. The molecule has 4 aromatic rings. The number of thiocarbonyl (C=S) groups is 1. The van der Waals surface area contributed by atoms with E-state index in [1.165, 1.54) is 35.3 Å². The molecule has 2 amide bonds. The molecule has 4 rings (SSSR count). The van der Waals surface area contributed by atoms with E-state index in [2.05, 4.69) is 39.3 Å². The smallest absolute Gasteiger partial charge is 0.497 e. The third kappa shape index (κ3) is 9.02. The van der Waals surface area contributed by atoms with E-state index in [-0.39, 0.29) is 17.7 Å². The number of nitrogens with zero attached hydrogens (tertiary/aromatic N) is 3. The van der Waals surface area contributed by atoms with E-state index < -0.39 is 6.36 Å². The number of carbonyl (C=O) groups excluding carboxylic acids is 1. The number of methoxy groups -OCH3 is 1. The van der Waals surface area contributed by atoms with Gasteiger partial charge in [0, 0.05) is 17.7 Å². The van der Waals surface area contributed by atoms with E-state index in [1.807, 2.05) is 42.5 Å². The first-order valence-electron chi connectivity index (χ1n) is 13.7. The summed E-state index contributed by atoms with van der Waals surface area (Å²) in [7, 11) is 1.59. The van der Waals surface area contributed by atoms with Gasteiger partial charge in [-0.15, -0.1) is 18.3 Å². The van der Waals surface area contributed by atoms with Crippen molar-refractivity contribution in [2.24, 2.45) is 0 Å². The lowest BCUT2D eigenvalue weighted by molar-refractivity contribution is -0.274. The van der Waals surface area contributed by atoms with Crippen LogP contribution >= 0.6 is 12.2 Å². The topological polar surface area (TPSA) is 90.3 Å². The zero-order valence-corrected chi connectivity index (χ0v) is 24.8. The summed E-state index contributed by atoms with van der Waals surface area (Å²) in [5.74, 6) is 1.09. The summed E-state index contributed by atoms with van der Waals surface area (Å²) >= 11 is 5.50. The number of urea groups is 1. The highest BCUT2D eigenvalue weighted by atomic mass is 32.1. The number of rotatable bonds is 11. The molecule has 0 fully saturated rings. The highest BCUT2D eigenvalue weighted by Gasteiger charge is 2.31. The Balaban J connectivity index is 1.25. The Hall–Kier alpha value is -4.45. The first-order valence-corrected chi connectivity index (χ1v) is 14.1. The minimum Gasteiger partial charge on any atom is -0.497 e. The molecule has 0 radical (unpaired) electrons. The fraction of sp³-hybridized carbons (Fsp3) is 0.290. The average molecular weight is 612 g/mol. The predicted octanol–water partition coefficient (Wildman–Crippen LogP) is 6.96. The van der Waals surface area contributed by atoms with Crippen LogP contribution in [0.1, 0.15) is 49.3 Å². The summed E-state index contributed by atoms with van der Waals surface area (Å²) in [6.07, 6.45) is -0.847. The second kappa shape index (κ2) is 14.1. The van der Waals surface area contributed by atoms with Crippen molar-refractivity contribution in [3.63, 3.8) is 0 Å². The summed E-state index contributed by atoms with van der Waals surface area (Å²) in [5.41, 5.74) is 4.26. The van der Waals surface area contributed by atoms with Crippen LogP contribution in [0.5, 0.6) is 11.5 Å². The summed E-state index contributed by atoms with van der Waals surface area (Å²) in [5, 5.41) is 10.1. The van der Waals surface area contributed by atoms with E-state index >= 15 is 0 Å². The second-order valence-corrected chi connectivity index (χ2v) is 10.4. The van der Waals surface area contributed by atoms with Crippen molar-refractivity contribution in [1.82, 2.24) is 25.4 Å². The number of hydrogen-bond donors (Lipinski definition) is 2. The first-order chi connectivity index (χ1) is 20.5. The summed E-state index contributed by atoms with van der Waals surface area (Å²) in [6.45, 7) is 4.62. The van der Waals surface area contributed by atoms with E-state index in [4.69, 9.17) is 17.0 Å². The number of benzene rings is 3. The van der Waals surface area contributed by atoms with Crippen molar-refractivity contribution in [3.8, 4) is 28.6 Å². The maximum absolute atomic E-state index is 12.5. The third-order valence-electron chi connectivity index (χ3n) is 6.54. The van der Waals surface area contributed by atoms with Gasteiger partial charge in [0.1, 0.15) is 22.8 Å². The van der Waals surface area contributed by atoms with E-state index in [0.717, 1.165) is 41.5 Å². The van der Waals surface area contributed by atoms with Gasteiger partial charge in [-0.25, -0.2) is 14.5 Å². The quantitative estimate of drug-likeness (QED) is 0.141. The summed E-state index contributed by atoms with van der Waals surface area (Å²) < 4.78 is 47.9. The SMILES string of the molecule is COc1ccc(C(C)C)c(C(=S)NC(=O)NCCCCc2cccc(-c3ncn(-c4ccc(OC(F)(F)F)cc4)n3)c2)c1. The number of aryl methyl sites for hydroxylation is 1. The fourth-order valence-corrected chi connectivity index (χ4v) is 4.69. The van der Waals surface area contributed by atoms with Gasteiger partial charge in [0.2, 0.25) is 0 Å². The van der Waals surface area contributed by atoms with Crippen molar-refractivity contribution in [2.45, 2.75) is 45.4 Å². The van der Waals surface area contributed by atoms with Crippen molar-refractivity contribution in [2.75, 3.05) is 13.7 Å². The molecule has 43 heavy (non-hydrogen) atoms. The van der Waals surface area contributed by atoms with Gasteiger partial charge in [0.25, 0.3) is 0 Å². The van der Waals surface area contributed by atoms with Gasteiger partial charge in [-0.3, -0.25) is 5.32 Å². The van der Waals surface area contributed by atoms with Crippen LogP contribution in [-0.2, 0) is 6.42 Å². The molecule has 0 saturated heterocycles. The lowest BCUT2D eigenvalue weighted by atomic mass is 9.97. The normalized spacial score (nSPS) is 11.3. The molecule has 3 aromatic carbocycles. The van der Waals surface area contributed by atoms with Crippen LogP contribution in [0.25, 0.3) is 17.1 Å². The van der Waals surface area contributed by atoms with Crippen LogP contribution in [0, 0.1) is 0 Å². The molecule has 0 aliphatic rings. The molecule has 8 nitrogen and oxygen atoms in total. The third-order valence-corrected chi connectivity index (χ3v) is 6.87. The number of ether oxygens (including phenoxy) is 2. The van der Waals surface area contributed by atoms with Gasteiger partial charge >= 0.3 is 12.4 Å². The largest absolute Gasteiger partial charge is 0.573 e. The molecule has 226 valence electrons. The van der Waals surface area contributed by atoms with E-state index in [9.17, 15) is 18.0 Å². The van der Waals surface area contributed by atoms with Gasteiger partial charge < -0.3 is 14.8 Å². The number of unbranched alkanes of at least 4 members (excludes halogenated alkanes) is 1. The minimum absolute atomic E-state index is 0.233. The van der Waals surface area contributed by atoms with Crippen molar-refractivity contribution in [3.05, 3.63) is 89.7 Å². The van der Waals surface area contributed by atoms with Crippen LogP contribution in [0.4, 0.5) is 18.0 Å². The molecule has 0 unspecified atom stereocenters. The van der Waals surface area contributed by atoms with Crippen LogP contribution in [0.3, 0.4) is 0 Å². The minimum atomic E-state index is -4.75. The van der Waals surface area contributed by atoms with Crippen molar-refractivity contribution < 1.29 is 27.4 Å². The molecule has 0 bridgehead atoms. The Kier molecular flexibility index (Phi) is 10.4. The highest BCUT2D eigenvalue weighted by molar-refractivity contribution is 7.80. The van der Waals surface area contributed by atoms with Gasteiger partial charge in [-0.2, -0.15) is 0 Å². The molecular weight excluding hydrogens is 579 g/mol. The van der Waals surface area contributed by atoms with Crippen molar-refractivity contribution in [1.29, 1.82) is 0 Å².